The second kappa shape index (κ2) is 9.43. The van der Waals surface area contributed by atoms with Gasteiger partial charge in [-0.15, -0.1) is 0 Å². The third kappa shape index (κ3) is 4.79. The van der Waals surface area contributed by atoms with Gasteiger partial charge in [-0.1, -0.05) is 60.8 Å². The summed E-state index contributed by atoms with van der Waals surface area (Å²) in [6, 6.07) is 17.0. The maximum atomic E-state index is 13.2. The number of anilines is 1. The van der Waals surface area contributed by atoms with Crippen molar-refractivity contribution in [1.29, 1.82) is 0 Å². The molecule has 1 aliphatic carbocycles. The highest BCUT2D eigenvalue weighted by atomic mass is 16.5. The number of nitrogens with one attached hydrogen (secondary N) is 1. The number of carbonyl (C=O) groups excluding carboxylic acids is 1. The van der Waals surface area contributed by atoms with Crippen molar-refractivity contribution in [2.24, 2.45) is 0 Å². The molecule has 156 valence electrons. The molecule has 30 heavy (non-hydrogen) atoms. The number of benzene rings is 2. The third-order valence-corrected chi connectivity index (χ3v) is 5.40. The highest BCUT2D eigenvalue weighted by molar-refractivity contribution is 5.89. The Balaban J connectivity index is 1.52. The van der Waals surface area contributed by atoms with Gasteiger partial charge < -0.3 is 19.5 Å². The van der Waals surface area contributed by atoms with Crippen molar-refractivity contribution in [3.63, 3.8) is 0 Å². The molecule has 4 rings (SSSR count). The van der Waals surface area contributed by atoms with Crippen molar-refractivity contribution in [3.8, 4) is 17.1 Å². The van der Waals surface area contributed by atoms with E-state index < -0.39 is 0 Å². The molecule has 0 spiro atoms. The first-order valence-electron chi connectivity index (χ1n) is 10.3. The van der Waals surface area contributed by atoms with E-state index in [2.05, 4.69) is 15.5 Å². The van der Waals surface area contributed by atoms with Crippen LogP contribution in [0.5, 0.6) is 5.75 Å². The lowest BCUT2D eigenvalue weighted by atomic mass is 9.94. The summed E-state index contributed by atoms with van der Waals surface area (Å²) >= 11 is 0. The highest BCUT2D eigenvalue weighted by Gasteiger charge is 2.27. The molecule has 1 fully saturated rings. The zero-order valence-electron chi connectivity index (χ0n) is 17.1. The van der Waals surface area contributed by atoms with Gasteiger partial charge in [-0.05, 0) is 25.0 Å². The lowest BCUT2D eigenvalue weighted by molar-refractivity contribution is 0.151. The summed E-state index contributed by atoms with van der Waals surface area (Å²) in [5.41, 5.74) is 1.58. The van der Waals surface area contributed by atoms with Crippen LogP contribution in [0.25, 0.3) is 11.4 Å². The number of aromatic nitrogens is 2. The van der Waals surface area contributed by atoms with E-state index in [0.717, 1.165) is 31.2 Å². The molecule has 1 aliphatic rings. The average Bonchev–Trinajstić information content (AvgIpc) is 3.27. The Bertz CT molecular complexity index is 967. The van der Waals surface area contributed by atoms with E-state index in [1.165, 1.54) is 6.42 Å². The lowest BCUT2D eigenvalue weighted by Crippen LogP contribution is -2.43. The lowest BCUT2D eigenvalue weighted by Gasteiger charge is -2.33. The van der Waals surface area contributed by atoms with Gasteiger partial charge in [-0.25, -0.2) is 4.79 Å². The largest absolute Gasteiger partial charge is 0.497 e. The van der Waals surface area contributed by atoms with E-state index >= 15 is 0 Å². The van der Waals surface area contributed by atoms with Gasteiger partial charge in [0.15, 0.2) is 0 Å². The minimum absolute atomic E-state index is 0.149. The minimum Gasteiger partial charge on any atom is -0.497 e. The van der Waals surface area contributed by atoms with E-state index in [9.17, 15) is 4.79 Å². The molecule has 0 radical (unpaired) electrons. The summed E-state index contributed by atoms with van der Waals surface area (Å²) in [5, 5.41) is 7.08. The molecule has 1 saturated carbocycles. The standard InChI is InChI=1S/C23H26N4O3/c1-29-20-14-8-11-18(15-20)24-23(28)27(19-12-6-3-7-13-19)16-21-25-22(26-30-21)17-9-4-2-5-10-17/h2,4-5,8-11,14-15,19H,3,6-7,12-13,16H2,1H3,(H,24,28). The number of amides is 2. The Morgan fingerprint density at radius 2 is 1.93 bits per heavy atom. The molecular weight excluding hydrogens is 380 g/mol. The second-order valence-electron chi connectivity index (χ2n) is 7.46. The number of rotatable bonds is 6. The average molecular weight is 406 g/mol. The smallest absolute Gasteiger partial charge is 0.322 e. The first-order valence-corrected chi connectivity index (χ1v) is 10.3. The molecule has 2 aromatic carbocycles. The van der Waals surface area contributed by atoms with E-state index in [-0.39, 0.29) is 18.6 Å². The van der Waals surface area contributed by atoms with Crippen LogP contribution >= 0.6 is 0 Å². The summed E-state index contributed by atoms with van der Waals surface area (Å²) in [6.45, 7) is 0.278. The van der Waals surface area contributed by atoms with Crippen LogP contribution in [0, 0.1) is 0 Å². The van der Waals surface area contributed by atoms with Crippen LogP contribution in [0.1, 0.15) is 38.0 Å². The summed E-state index contributed by atoms with van der Waals surface area (Å²) in [4.78, 5) is 19.5. The van der Waals surface area contributed by atoms with Gasteiger partial charge in [0.2, 0.25) is 11.7 Å². The molecule has 0 bridgehead atoms. The van der Waals surface area contributed by atoms with Gasteiger partial charge >= 0.3 is 6.03 Å². The fraction of sp³-hybridized carbons (Fsp3) is 0.348. The van der Waals surface area contributed by atoms with Gasteiger partial charge in [0.1, 0.15) is 12.3 Å². The number of ether oxygens (including phenoxy) is 1. The summed E-state index contributed by atoms with van der Waals surface area (Å²) < 4.78 is 10.7. The van der Waals surface area contributed by atoms with Crippen LogP contribution in [0.15, 0.2) is 59.1 Å². The first-order chi connectivity index (χ1) is 14.7. The fourth-order valence-electron chi connectivity index (χ4n) is 3.82. The predicted octanol–water partition coefficient (Wildman–Crippen LogP) is 5.11. The van der Waals surface area contributed by atoms with E-state index in [1.54, 1.807) is 13.2 Å². The normalized spacial score (nSPS) is 14.3. The Morgan fingerprint density at radius 1 is 1.13 bits per heavy atom. The molecule has 0 aliphatic heterocycles. The first kappa shape index (κ1) is 19.9. The quantitative estimate of drug-likeness (QED) is 0.615. The molecule has 3 aromatic rings. The molecule has 0 saturated heterocycles. The van der Waals surface area contributed by atoms with Gasteiger partial charge in [0, 0.05) is 23.4 Å². The fourth-order valence-corrected chi connectivity index (χ4v) is 3.82. The van der Waals surface area contributed by atoms with E-state index in [4.69, 9.17) is 9.26 Å². The molecule has 2 amide bonds. The van der Waals surface area contributed by atoms with Gasteiger partial charge in [0.25, 0.3) is 0 Å². The summed E-state index contributed by atoms with van der Waals surface area (Å²) in [5.74, 6) is 1.66. The molecule has 1 N–H and O–H groups in total. The molecular formula is C23H26N4O3. The predicted molar refractivity (Wildman–Crippen MR) is 114 cm³/mol. The Kier molecular flexibility index (Phi) is 6.27. The number of hydrogen-bond donors (Lipinski definition) is 1. The molecule has 0 atom stereocenters. The summed E-state index contributed by atoms with van der Waals surface area (Å²) in [6.07, 6.45) is 5.40. The van der Waals surface area contributed by atoms with Gasteiger partial charge in [0.05, 0.1) is 7.11 Å². The zero-order chi connectivity index (χ0) is 20.8. The van der Waals surface area contributed by atoms with Crippen LogP contribution in [-0.2, 0) is 6.54 Å². The summed E-state index contributed by atoms with van der Waals surface area (Å²) in [7, 11) is 1.61. The maximum absolute atomic E-state index is 13.2. The number of urea groups is 1. The van der Waals surface area contributed by atoms with Crippen molar-refractivity contribution in [1.82, 2.24) is 15.0 Å². The number of carbonyl (C=O) groups is 1. The van der Waals surface area contributed by atoms with Crippen LogP contribution in [-0.4, -0.2) is 34.2 Å². The second-order valence-corrected chi connectivity index (χ2v) is 7.46. The Labute approximate surface area is 176 Å². The number of hydrogen-bond acceptors (Lipinski definition) is 5. The van der Waals surface area contributed by atoms with Crippen molar-refractivity contribution in [2.75, 3.05) is 12.4 Å². The van der Waals surface area contributed by atoms with E-state index in [1.807, 2.05) is 53.4 Å². The molecule has 0 unspecified atom stereocenters. The zero-order valence-corrected chi connectivity index (χ0v) is 17.1. The van der Waals surface area contributed by atoms with Crippen molar-refractivity contribution < 1.29 is 14.1 Å². The van der Waals surface area contributed by atoms with Gasteiger partial charge in [-0.2, -0.15) is 4.98 Å². The van der Waals surface area contributed by atoms with Crippen LogP contribution < -0.4 is 10.1 Å². The topological polar surface area (TPSA) is 80.5 Å². The van der Waals surface area contributed by atoms with Gasteiger partial charge in [-0.3, -0.25) is 0 Å². The molecule has 1 aromatic heterocycles. The minimum atomic E-state index is -0.172. The Hall–Kier alpha value is -3.35. The van der Waals surface area contributed by atoms with E-state index in [0.29, 0.717) is 23.2 Å². The monoisotopic (exact) mass is 406 g/mol. The SMILES string of the molecule is COc1cccc(NC(=O)N(Cc2nc(-c3ccccc3)no2)C2CCCCC2)c1. The van der Waals surface area contributed by atoms with Crippen LogP contribution in [0.2, 0.25) is 0 Å². The number of methoxy groups -OCH3 is 1. The third-order valence-electron chi connectivity index (χ3n) is 5.40. The number of nitrogens with zero attached hydrogens (tertiary/aromatic N) is 3. The Morgan fingerprint density at radius 3 is 2.70 bits per heavy atom. The highest BCUT2D eigenvalue weighted by Crippen LogP contribution is 2.26. The van der Waals surface area contributed by atoms with Crippen LogP contribution in [0.4, 0.5) is 10.5 Å². The van der Waals surface area contributed by atoms with Crippen molar-refractivity contribution in [3.05, 3.63) is 60.5 Å². The molecule has 7 heteroatoms. The van der Waals surface area contributed by atoms with Crippen LogP contribution in [0.3, 0.4) is 0 Å². The van der Waals surface area contributed by atoms with Crippen molar-refractivity contribution >= 4 is 11.7 Å². The maximum Gasteiger partial charge on any atom is 0.322 e. The molecule has 7 nitrogen and oxygen atoms in total. The van der Waals surface area contributed by atoms with Crippen molar-refractivity contribution in [2.45, 2.75) is 44.7 Å². The molecule has 1 heterocycles.